The molecule has 2 aromatic rings. The summed E-state index contributed by atoms with van der Waals surface area (Å²) in [6.07, 6.45) is 0. The van der Waals surface area contributed by atoms with Crippen LogP contribution in [0.15, 0.2) is 28.7 Å². The molecule has 5 heteroatoms. The van der Waals surface area contributed by atoms with Gasteiger partial charge in [0, 0.05) is 12.6 Å². The lowest BCUT2D eigenvalue weighted by Crippen LogP contribution is -2.21. The van der Waals surface area contributed by atoms with E-state index < -0.39 is 0 Å². The van der Waals surface area contributed by atoms with E-state index in [1.807, 2.05) is 0 Å². The van der Waals surface area contributed by atoms with Gasteiger partial charge in [0.25, 0.3) is 0 Å². The van der Waals surface area contributed by atoms with Crippen molar-refractivity contribution in [2.24, 2.45) is 0 Å². The maximum absolute atomic E-state index is 5.48. The van der Waals surface area contributed by atoms with Gasteiger partial charge in [-0.1, -0.05) is 48.8 Å². The Morgan fingerprint density at radius 3 is 2.53 bits per heavy atom. The quantitative estimate of drug-likeness (QED) is 0.835. The van der Waals surface area contributed by atoms with Gasteiger partial charge in [-0.05, 0) is 12.5 Å². The molecular formula is C14H20N4O. The second-order valence-electron chi connectivity index (χ2n) is 4.88. The number of aryl methyl sites for hydroxylation is 1. The molecule has 0 radical (unpaired) electrons. The summed E-state index contributed by atoms with van der Waals surface area (Å²) in [7, 11) is 0. The molecule has 0 spiro atoms. The van der Waals surface area contributed by atoms with E-state index in [0.717, 1.165) is 0 Å². The zero-order chi connectivity index (χ0) is 13.7. The summed E-state index contributed by atoms with van der Waals surface area (Å²) in [6, 6.07) is 9.20. The standard InChI is InChI=1S/C14H20N4O/c1-10(2)15-9-13-17-18-14(19-13)16-8-12-6-4-11(3)5-7-12/h4-7,10,15H,8-9H2,1-3H3,(H,16,18). The van der Waals surface area contributed by atoms with Gasteiger partial charge in [-0.3, -0.25) is 0 Å². The SMILES string of the molecule is Cc1ccc(CNc2nnc(CNC(C)C)o2)cc1. The van der Waals surface area contributed by atoms with E-state index >= 15 is 0 Å². The summed E-state index contributed by atoms with van der Waals surface area (Å²) in [4.78, 5) is 0. The Morgan fingerprint density at radius 1 is 1.11 bits per heavy atom. The lowest BCUT2D eigenvalue weighted by Gasteiger charge is -2.04. The molecule has 0 saturated heterocycles. The van der Waals surface area contributed by atoms with Crippen molar-refractivity contribution in [1.29, 1.82) is 0 Å². The molecule has 0 aliphatic rings. The Balaban J connectivity index is 1.84. The van der Waals surface area contributed by atoms with E-state index in [4.69, 9.17) is 4.42 Å². The second-order valence-corrected chi connectivity index (χ2v) is 4.88. The van der Waals surface area contributed by atoms with Crippen LogP contribution in [0.3, 0.4) is 0 Å². The van der Waals surface area contributed by atoms with Crippen LogP contribution in [0.4, 0.5) is 6.01 Å². The van der Waals surface area contributed by atoms with Crippen molar-refractivity contribution >= 4 is 6.01 Å². The third-order valence-corrected chi connectivity index (χ3v) is 2.69. The topological polar surface area (TPSA) is 63.0 Å². The molecule has 0 aliphatic heterocycles. The minimum Gasteiger partial charge on any atom is -0.407 e. The first kappa shape index (κ1) is 13.5. The van der Waals surface area contributed by atoms with Gasteiger partial charge >= 0.3 is 6.01 Å². The predicted molar refractivity (Wildman–Crippen MR) is 74.8 cm³/mol. The molecule has 0 saturated carbocycles. The van der Waals surface area contributed by atoms with Crippen molar-refractivity contribution in [3.8, 4) is 0 Å². The van der Waals surface area contributed by atoms with E-state index in [2.05, 4.69) is 65.9 Å². The van der Waals surface area contributed by atoms with E-state index in [0.29, 0.717) is 31.0 Å². The highest BCUT2D eigenvalue weighted by Crippen LogP contribution is 2.09. The Morgan fingerprint density at radius 2 is 1.84 bits per heavy atom. The summed E-state index contributed by atoms with van der Waals surface area (Å²) in [6.45, 7) is 7.50. The van der Waals surface area contributed by atoms with Crippen LogP contribution >= 0.6 is 0 Å². The van der Waals surface area contributed by atoms with Crippen LogP contribution in [0.5, 0.6) is 0 Å². The molecule has 2 N–H and O–H groups in total. The molecule has 5 nitrogen and oxygen atoms in total. The van der Waals surface area contributed by atoms with Crippen LogP contribution in [-0.4, -0.2) is 16.2 Å². The highest BCUT2D eigenvalue weighted by atomic mass is 16.4. The first-order chi connectivity index (χ1) is 9.13. The van der Waals surface area contributed by atoms with Crippen LogP contribution < -0.4 is 10.6 Å². The second kappa shape index (κ2) is 6.33. The van der Waals surface area contributed by atoms with Crippen molar-refractivity contribution in [1.82, 2.24) is 15.5 Å². The van der Waals surface area contributed by atoms with Gasteiger partial charge in [0.05, 0.1) is 6.54 Å². The highest BCUT2D eigenvalue weighted by molar-refractivity contribution is 5.26. The summed E-state index contributed by atoms with van der Waals surface area (Å²) < 4.78 is 5.48. The van der Waals surface area contributed by atoms with Gasteiger partial charge in [0.15, 0.2) is 0 Å². The first-order valence-electron chi connectivity index (χ1n) is 6.48. The zero-order valence-electron chi connectivity index (χ0n) is 11.6. The number of anilines is 1. The largest absolute Gasteiger partial charge is 0.407 e. The molecule has 0 aliphatic carbocycles. The lowest BCUT2D eigenvalue weighted by atomic mass is 10.1. The Bertz CT molecular complexity index is 504. The Kier molecular flexibility index (Phi) is 4.52. The molecule has 0 fully saturated rings. The van der Waals surface area contributed by atoms with Gasteiger partial charge in [-0.25, -0.2) is 0 Å². The van der Waals surface area contributed by atoms with Crippen molar-refractivity contribution in [3.05, 3.63) is 41.3 Å². The van der Waals surface area contributed by atoms with E-state index in [-0.39, 0.29) is 0 Å². The monoisotopic (exact) mass is 260 g/mol. The fraction of sp³-hybridized carbons (Fsp3) is 0.429. The number of hydrogen-bond acceptors (Lipinski definition) is 5. The fourth-order valence-electron chi connectivity index (χ4n) is 1.57. The molecule has 1 aromatic carbocycles. The smallest absolute Gasteiger partial charge is 0.315 e. The Hall–Kier alpha value is -1.88. The number of aromatic nitrogens is 2. The van der Waals surface area contributed by atoms with Crippen LogP contribution in [0, 0.1) is 6.92 Å². The van der Waals surface area contributed by atoms with Crippen LogP contribution in [-0.2, 0) is 13.1 Å². The normalized spacial score (nSPS) is 10.9. The van der Waals surface area contributed by atoms with E-state index in [9.17, 15) is 0 Å². The average Bonchev–Trinajstić information content (AvgIpc) is 2.84. The molecule has 102 valence electrons. The molecule has 1 heterocycles. The van der Waals surface area contributed by atoms with Crippen molar-refractivity contribution in [3.63, 3.8) is 0 Å². The third kappa shape index (κ3) is 4.37. The summed E-state index contributed by atoms with van der Waals surface area (Å²) in [5.74, 6) is 0.597. The number of nitrogens with one attached hydrogen (secondary N) is 2. The molecule has 2 rings (SSSR count). The van der Waals surface area contributed by atoms with Crippen LogP contribution in [0.1, 0.15) is 30.9 Å². The molecule has 0 amide bonds. The van der Waals surface area contributed by atoms with Gasteiger partial charge in [-0.2, -0.15) is 0 Å². The van der Waals surface area contributed by atoms with Gasteiger partial charge in [0.2, 0.25) is 5.89 Å². The number of hydrogen-bond donors (Lipinski definition) is 2. The first-order valence-corrected chi connectivity index (χ1v) is 6.48. The maximum atomic E-state index is 5.48. The molecule has 1 aromatic heterocycles. The molecule has 0 bridgehead atoms. The zero-order valence-corrected chi connectivity index (χ0v) is 11.6. The van der Waals surface area contributed by atoms with Crippen molar-refractivity contribution in [2.75, 3.05) is 5.32 Å². The number of nitrogens with zero attached hydrogens (tertiary/aromatic N) is 2. The van der Waals surface area contributed by atoms with Gasteiger partial charge < -0.3 is 15.1 Å². The third-order valence-electron chi connectivity index (χ3n) is 2.69. The fourth-order valence-corrected chi connectivity index (χ4v) is 1.57. The van der Waals surface area contributed by atoms with Crippen LogP contribution in [0.25, 0.3) is 0 Å². The van der Waals surface area contributed by atoms with Gasteiger partial charge in [0.1, 0.15) is 0 Å². The maximum Gasteiger partial charge on any atom is 0.315 e. The summed E-state index contributed by atoms with van der Waals surface area (Å²) in [5, 5.41) is 14.3. The molecule has 19 heavy (non-hydrogen) atoms. The van der Waals surface area contributed by atoms with Gasteiger partial charge in [-0.15, -0.1) is 5.10 Å². The summed E-state index contributed by atoms with van der Waals surface area (Å²) in [5.41, 5.74) is 2.44. The average molecular weight is 260 g/mol. The van der Waals surface area contributed by atoms with Crippen molar-refractivity contribution in [2.45, 2.75) is 39.9 Å². The highest BCUT2D eigenvalue weighted by Gasteiger charge is 2.05. The minimum absolute atomic E-state index is 0.399. The number of rotatable bonds is 6. The molecular weight excluding hydrogens is 240 g/mol. The van der Waals surface area contributed by atoms with E-state index in [1.165, 1.54) is 11.1 Å². The lowest BCUT2D eigenvalue weighted by molar-refractivity contribution is 0.458. The number of benzene rings is 1. The Labute approximate surface area is 113 Å². The molecule has 0 unspecified atom stereocenters. The van der Waals surface area contributed by atoms with Crippen LogP contribution in [0.2, 0.25) is 0 Å². The minimum atomic E-state index is 0.399. The predicted octanol–water partition coefficient (Wildman–Crippen LogP) is 2.49. The molecule has 0 atom stereocenters. The van der Waals surface area contributed by atoms with E-state index in [1.54, 1.807) is 0 Å². The van der Waals surface area contributed by atoms with Crippen molar-refractivity contribution < 1.29 is 4.42 Å². The summed E-state index contributed by atoms with van der Waals surface area (Å²) >= 11 is 0.